The van der Waals surface area contributed by atoms with E-state index in [-0.39, 0.29) is 5.91 Å². The van der Waals surface area contributed by atoms with Crippen LogP contribution in [0, 0.1) is 0 Å². The van der Waals surface area contributed by atoms with Crippen molar-refractivity contribution in [2.75, 3.05) is 19.6 Å². The molecule has 1 amide bonds. The van der Waals surface area contributed by atoms with Gasteiger partial charge in [0.1, 0.15) is 0 Å². The molecule has 1 aliphatic carbocycles. The third-order valence-electron chi connectivity index (χ3n) is 3.77. The Morgan fingerprint density at radius 1 is 1.19 bits per heavy atom. The van der Waals surface area contributed by atoms with Gasteiger partial charge in [-0.25, -0.2) is 0 Å². The summed E-state index contributed by atoms with van der Waals surface area (Å²) in [6, 6.07) is 0.888. The molecule has 0 atom stereocenters. The topological polar surface area (TPSA) is 58.4 Å². The quantitative estimate of drug-likeness (QED) is 0.734. The number of likely N-dealkylation sites (tertiary alicyclic amines) is 1. The maximum atomic E-state index is 11.8. The van der Waals surface area contributed by atoms with Gasteiger partial charge in [-0.05, 0) is 38.5 Å². The Bertz CT molecular complexity index is 230. The zero-order valence-corrected chi connectivity index (χ0v) is 9.95. The summed E-state index contributed by atoms with van der Waals surface area (Å²) in [7, 11) is 0. The molecule has 1 aliphatic heterocycles. The molecule has 0 radical (unpaired) electrons. The minimum atomic E-state index is 0.271. The summed E-state index contributed by atoms with van der Waals surface area (Å²) in [6.45, 7) is 2.42. The molecule has 0 aromatic rings. The highest BCUT2D eigenvalue weighted by molar-refractivity contribution is 5.78. The Morgan fingerprint density at radius 3 is 2.44 bits per heavy atom. The van der Waals surface area contributed by atoms with Gasteiger partial charge in [0.05, 0.1) is 6.54 Å². The van der Waals surface area contributed by atoms with Crippen molar-refractivity contribution in [2.24, 2.45) is 5.73 Å². The van der Waals surface area contributed by atoms with Crippen LogP contribution in [0.1, 0.15) is 38.5 Å². The Kier molecular flexibility index (Phi) is 4.18. The molecule has 3 N–H and O–H groups in total. The predicted octanol–water partition coefficient (Wildman–Crippen LogP) is 0.468. The Hall–Kier alpha value is -0.610. The summed E-state index contributed by atoms with van der Waals surface area (Å²) in [5.74, 6) is 0.271. The molecule has 0 unspecified atom stereocenters. The molecular weight excluding hydrogens is 202 g/mol. The van der Waals surface area contributed by atoms with Gasteiger partial charge in [-0.3, -0.25) is 4.79 Å². The Balaban J connectivity index is 1.65. The number of hydrogen-bond donors (Lipinski definition) is 2. The molecule has 0 aromatic heterocycles. The summed E-state index contributed by atoms with van der Waals surface area (Å²) in [4.78, 5) is 13.8. The van der Waals surface area contributed by atoms with E-state index in [1.54, 1.807) is 0 Å². The lowest BCUT2D eigenvalue weighted by atomic mass is 9.92. The zero-order chi connectivity index (χ0) is 11.4. The van der Waals surface area contributed by atoms with Crippen LogP contribution < -0.4 is 11.1 Å². The van der Waals surface area contributed by atoms with Gasteiger partial charge in [0.25, 0.3) is 0 Å². The van der Waals surface area contributed by atoms with E-state index in [0.29, 0.717) is 18.6 Å². The number of nitrogens with zero attached hydrogens (tertiary/aromatic N) is 1. The van der Waals surface area contributed by atoms with Crippen LogP contribution in [0.25, 0.3) is 0 Å². The van der Waals surface area contributed by atoms with Crippen LogP contribution in [0.5, 0.6) is 0 Å². The van der Waals surface area contributed by atoms with Crippen molar-refractivity contribution in [2.45, 2.75) is 50.6 Å². The van der Waals surface area contributed by atoms with E-state index in [1.165, 1.54) is 12.8 Å². The van der Waals surface area contributed by atoms with Crippen molar-refractivity contribution < 1.29 is 4.79 Å². The minimum Gasteiger partial charge on any atom is -0.342 e. The van der Waals surface area contributed by atoms with Crippen molar-refractivity contribution in [3.05, 3.63) is 0 Å². The molecule has 2 rings (SSSR count). The van der Waals surface area contributed by atoms with E-state index < -0.39 is 0 Å². The molecule has 1 saturated carbocycles. The highest BCUT2D eigenvalue weighted by Crippen LogP contribution is 2.16. The van der Waals surface area contributed by atoms with Crippen molar-refractivity contribution in [3.63, 3.8) is 0 Å². The van der Waals surface area contributed by atoms with Crippen LogP contribution in [-0.2, 0) is 4.79 Å². The van der Waals surface area contributed by atoms with Gasteiger partial charge in [-0.15, -0.1) is 0 Å². The lowest BCUT2D eigenvalue weighted by molar-refractivity contribution is -0.129. The fourth-order valence-corrected chi connectivity index (χ4v) is 2.63. The molecule has 0 bridgehead atoms. The Morgan fingerprint density at radius 2 is 1.81 bits per heavy atom. The maximum absolute atomic E-state index is 11.8. The molecule has 1 heterocycles. The molecule has 1 saturated heterocycles. The van der Waals surface area contributed by atoms with Crippen LogP contribution >= 0.6 is 0 Å². The number of carbonyl (C=O) groups excluding carboxylic acids is 1. The summed E-state index contributed by atoms with van der Waals surface area (Å²) in [5.41, 5.74) is 5.85. The molecule has 4 heteroatoms. The first-order valence-corrected chi connectivity index (χ1v) is 6.52. The van der Waals surface area contributed by atoms with E-state index in [9.17, 15) is 4.79 Å². The molecule has 2 aliphatic rings. The lowest BCUT2D eigenvalue weighted by Gasteiger charge is -2.27. The van der Waals surface area contributed by atoms with Crippen LogP contribution in [0.15, 0.2) is 0 Å². The van der Waals surface area contributed by atoms with Crippen LogP contribution in [0.4, 0.5) is 0 Å². The van der Waals surface area contributed by atoms with E-state index in [2.05, 4.69) is 5.32 Å². The number of rotatable bonds is 3. The molecule has 92 valence electrons. The van der Waals surface area contributed by atoms with Gasteiger partial charge in [-0.1, -0.05) is 0 Å². The first-order valence-electron chi connectivity index (χ1n) is 6.52. The van der Waals surface area contributed by atoms with Gasteiger partial charge < -0.3 is 16.0 Å². The molecular formula is C12H23N3O. The highest BCUT2D eigenvalue weighted by Gasteiger charge is 2.21. The molecule has 4 nitrogen and oxygen atoms in total. The zero-order valence-electron chi connectivity index (χ0n) is 9.95. The second-order valence-electron chi connectivity index (χ2n) is 5.08. The molecule has 2 fully saturated rings. The minimum absolute atomic E-state index is 0.271. The monoisotopic (exact) mass is 225 g/mol. The fraction of sp³-hybridized carbons (Fsp3) is 0.917. The van der Waals surface area contributed by atoms with Crippen molar-refractivity contribution in [1.82, 2.24) is 10.2 Å². The number of carbonyl (C=O) groups is 1. The molecule has 16 heavy (non-hydrogen) atoms. The van der Waals surface area contributed by atoms with E-state index >= 15 is 0 Å². The Labute approximate surface area is 97.6 Å². The fourth-order valence-electron chi connectivity index (χ4n) is 2.63. The summed E-state index contributed by atoms with van der Waals surface area (Å²) >= 11 is 0. The van der Waals surface area contributed by atoms with Crippen LogP contribution in [-0.4, -0.2) is 42.5 Å². The number of hydrogen-bond acceptors (Lipinski definition) is 3. The largest absolute Gasteiger partial charge is 0.342 e. The summed E-state index contributed by atoms with van der Waals surface area (Å²) < 4.78 is 0. The van der Waals surface area contributed by atoms with E-state index in [0.717, 1.165) is 38.8 Å². The number of amides is 1. The van der Waals surface area contributed by atoms with Gasteiger partial charge in [-0.2, -0.15) is 0 Å². The van der Waals surface area contributed by atoms with Gasteiger partial charge >= 0.3 is 0 Å². The van der Waals surface area contributed by atoms with E-state index in [1.807, 2.05) is 4.90 Å². The van der Waals surface area contributed by atoms with Gasteiger partial charge in [0.15, 0.2) is 0 Å². The van der Waals surface area contributed by atoms with Crippen molar-refractivity contribution >= 4 is 5.91 Å². The second-order valence-corrected chi connectivity index (χ2v) is 5.08. The van der Waals surface area contributed by atoms with E-state index in [4.69, 9.17) is 5.73 Å². The first-order chi connectivity index (χ1) is 7.75. The predicted molar refractivity (Wildman–Crippen MR) is 64.0 cm³/mol. The third-order valence-corrected chi connectivity index (χ3v) is 3.77. The van der Waals surface area contributed by atoms with Crippen molar-refractivity contribution in [3.8, 4) is 0 Å². The molecule has 0 aromatic carbocycles. The van der Waals surface area contributed by atoms with Gasteiger partial charge in [0, 0.05) is 25.2 Å². The average molecular weight is 225 g/mol. The lowest BCUT2D eigenvalue weighted by Crippen LogP contribution is -2.43. The second kappa shape index (κ2) is 5.64. The maximum Gasteiger partial charge on any atom is 0.236 e. The normalized spacial score (nSPS) is 30.7. The summed E-state index contributed by atoms with van der Waals surface area (Å²) in [6.07, 6.45) is 6.77. The van der Waals surface area contributed by atoms with Crippen LogP contribution in [0.2, 0.25) is 0 Å². The average Bonchev–Trinajstić information content (AvgIpc) is 2.81. The standard InChI is InChI=1S/C12H23N3O/c13-10-3-5-11(6-4-10)14-9-12(16)15-7-1-2-8-15/h10-11,14H,1-9,13H2. The highest BCUT2D eigenvalue weighted by atomic mass is 16.2. The number of nitrogens with two attached hydrogens (primary N) is 1. The van der Waals surface area contributed by atoms with Gasteiger partial charge in [0.2, 0.25) is 5.91 Å². The SMILES string of the molecule is NC1CCC(NCC(=O)N2CCCC2)CC1. The third kappa shape index (κ3) is 3.19. The smallest absolute Gasteiger partial charge is 0.236 e. The number of nitrogens with one attached hydrogen (secondary N) is 1. The molecule has 0 spiro atoms. The summed E-state index contributed by atoms with van der Waals surface area (Å²) in [5, 5.41) is 3.37. The van der Waals surface area contributed by atoms with Crippen molar-refractivity contribution in [1.29, 1.82) is 0 Å². The van der Waals surface area contributed by atoms with Crippen LogP contribution in [0.3, 0.4) is 0 Å². The first kappa shape index (κ1) is 11.9.